The third-order valence-electron chi connectivity index (χ3n) is 3.22. The molecule has 6 heteroatoms. The molecular weight excluding hydrogens is 252 g/mol. The number of benzene rings is 1. The van der Waals surface area contributed by atoms with Gasteiger partial charge in [0.2, 0.25) is 0 Å². The molecule has 1 atom stereocenters. The van der Waals surface area contributed by atoms with Crippen molar-refractivity contribution in [3.63, 3.8) is 0 Å². The van der Waals surface area contributed by atoms with Crippen LogP contribution in [0.25, 0.3) is 0 Å². The number of nitrogens with zero attached hydrogens (tertiary/aromatic N) is 1. The molecule has 5 nitrogen and oxygen atoms in total. The fraction of sp³-hybridized carbons (Fsp3) is 0.500. The molecule has 0 bridgehead atoms. The van der Waals surface area contributed by atoms with Crippen molar-refractivity contribution in [1.29, 1.82) is 0 Å². The van der Waals surface area contributed by atoms with Gasteiger partial charge in [0, 0.05) is 47.0 Å². The number of nitrogens with one attached hydrogen (secondary N) is 1. The van der Waals surface area contributed by atoms with E-state index >= 15 is 0 Å². The highest BCUT2D eigenvalue weighted by Crippen LogP contribution is 2.22. The van der Waals surface area contributed by atoms with Crippen LogP contribution in [0.15, 0.2) is 18.2 Å². The Kier molecular flexibility index (Phi) is 4.08. The lowest BCUT2D eigenvalue weighted by molar-refractivity contribution is -0.385. The molecule has 0 saturated carbocycles. The maximum Gasteiger partial charge on any atom is 0.272 e. The Hall–Kier alpha value is -1.27. The Morgan fingerprint density at radius 1 is 1.50 bits per heavy atom. The third-order valence-corrected chi connectivity index (χ3v) is 4.69. The van der Waals surface area contributed by atoms with Crippen LogP contribution in [-0.2, 0) is 16.6 Å². The first-order valence-electron chi connectivity index (χ1n) is 5.86. The van der Waals surface area contributed by atoms with Gasteiger partial charge >= 0.3 is 0 Å². The van der Waals surface area contributed by atoms with Gasteiger partial charge in [0.25, 0.3) is 5.69 Å². The van der Waals surface area contributed by atoms with E-state index < -0.39 is 15.7 Å². The molecule has 0 spiro atoms. The summed E-state index contributed by atoms with van der Waals surface area (Å²) in [5, 5.41) is 14.0. The zero-order valence-electron chi connectivity index (χ0n) is 10.2. The van der Waals surface area contributed by atoms with Gasteiger partial charge < -0.3 is 5.32 Å². The van der Waals surface area contributed by atoms with Crippen LogP contribution in [0, 0.1) is 23.0 Å². The van der Waals surface area contributed by atoms with E-state index in [9.17, 15) is 14.3 Å². The lowest BCUT2D eigenvalue weighted by Gasteiger charge is -2.26. The van der Waals surface area contributed by atoms with Crippen LogP contribution < -0.4 is 5.32 Å². The van der Waals surface area contributed by atoms with E-state index in [1.165, 1.54) is 6.07 Å². The summed E-state index contributed by atoms with van der Waals surface area (Å²) in [7, 11) is -0.944. The van der Waals surface area contributed by atoms with Gasteiger partial charge in [-0.1, -0.05) is 12.1 Å². The van der Waals surface area contributed by atoms with E-state index in [1.54, 1.807) is 13.0 Å². The molecule has 0 aliphatic carbocycles. The minimum Gasteiger partial charge on any atom is -0.316 e. The number of rotatable bonds is 5. The van der Waals surface area contributed by atoms with E-state index in [0.717, 1.165) is 18.7 Å². The normalized spacial score (nSPS) is 17.2. The quantitative estimate of drug-likeness (QED) is 0.646. The highest BCUT2D eigenvalue weighted by Gasteiger charge is 2.20. The zero-order valence-corrected chi connectivity index (χ0v) is 11.0. The van der Waals surface area contributed by atoms with E-state index in [4.69, 9.17) is 0 Å². The lowest BCUT2D eigenvalue weighted by atomic mass is 10.1. The van der Waals surface area contributed by atoms with Gasteiger partial charge in [-0.3, -0.25) is 14.3 Å². The number of nitro groups is 1. The van der Waals surface area contributed by atoms with Gasteiger partial charge in [-0.2, -0.15) is 0 Å². The van der Waals surface area contributed by atoms with Crippen molar-refractivity contribution >= 4 is 16.5 Å². The number of hydrogen-bond acceptors (Lipinski definition) is 4. The predicted molar refractivity (Wildman–Crippen MR) is 70.9 cm³/mol. The zero-order chi connectivity index (χ0) is 13.1. The molecule has 1 saturated heterocycles. The summed E-state index contributed by atoms with van der Waals surface area (Å²) in [6.07, 6.45) is 0. The molecule has 1 N–H and O–H groups in total. The van der Waals surface area contributed by atoms with E-state index in [1.807, 2.05) is 6.07 Å². The van der Waals surface area contributed by atoms with Gasteiger partial charge in [-0.15, -0.1) is 0 Å². The van der Waals surface area contributed by atoms with Crippen molar-refractivity contribution in [3.8, 4) is 0 Å². The molecule has 0 radical (unpaired) electrons. The van der Waals surface area contributed by atoms with Crippen molar-refractivity contribution in [2.24, 2.45) is 5.92 Å². The largest absolute Gasteiger partial charge is 0.316 e. The van der Waals surface area contributed by atoms with Gasteiger partial charge in [0.05, 0.1) is 4.92 Å². The summed E-state index contributed by atoms with van der Waals surface area (Å²) in [5.41, 5.74) is 1.55. The van der Waals surface area contributed by atoms with Gasteiger partial charge in [-0.05, 0) is 18.4 Å². The highest BCUT2D eigenvalue weighted by molar-refractivity contribution is 7.84. The van der Waals surface area contributed by atoms with Crippen molar-refractivity contribution in [1.82, 2.24) is 5.32 Å². The Bertz CT molecular complexity index is 486. The second-order valence-corrected chi connectivity index (χ2v) is 6.10. The average Bonchev–Trinajstić information content (AvgIpc) is 2.26. The molecular formula is C12H16N2O3S. The maximum absolute atomic E-state index is 12.0. The second-order valence-electron chi connectivity index (χ2n) is 4.59. The van der Waals surface area contributed by atoms with Crippen LogP contribution in [0.2, 0.25) is 0 Å². The van der Waals surface area contributed by atoms with Gasteiger partial charge in [0.15, 0.2) is 0 Å². The van der Waals surface area contributed by atoms with Crippen LogP contribution in [0.4, 0.5) is 5.69 Å². The van der Waals surface area contributed by atoms with E-state index in [0.29, 0.717) is 23.0 Å². The van der Waals surface area contributed by atoms with Crippen molar-refractivity contribution in [2.45, 2.75) is 12.7 Å². The average molecular weight is 268 g/mol. The summed E-state index contributed by atoms with van der Waals surface area (Å²) in [4.78, 5) is 10.4. The lowest BCUT2D eigenvalue weighted by Crippen LogP contribution is -2.44. The first-order valence-corrected chi connectivity index (χ1v) is 7.35. The summed E-state index contributed by atoms with van der Waals surface area (Å²) in [6, 6.07) is 4.96. The summed E-state index contributed by atoms with van der Waals surface area (Å²) < 4.78 is 12.0. The van der Waals surface area contributed by atoms with E-state index in [-0.39, 0.29) is 5.69 Å². The molecule has 1 aliphatic heterocycles. The van der Waals surface area contributed by atoms with Gasteiger partial charge in [0.1, 0.15) is 0 Å². The first kappa shape index (κ1) is 13.2. The van der Waals surface area contributed by atoms with Crippen LogP contribution >= 0.6 is 0 Å². The molecule has 1 heterocycles. The van der Waals surface area contributed by atoms with Crippen molar-refractivity contribution in [2.75, 3.05) is 18.8 Å². The minimum absolute atomic E-state index is 0.106. The summed E-state index contributed by atoms with van der Waals surface area (Å²) >= 11 is 0. The summed E-state index contributed by atoms with van der Waals surface area (Å²) in [5.74, 6) is 1.57. The van der Waals surface area contributed by atoms with Crippen LogP contribution in [-0.4, -0.2) is 28.0 Å². The standard InChI is InChI=1S/C12H16N2O3S/c1-9-11(3-2-4-12(9)14(15)16)8-18(17)7-10-5-13-6-10/h2-4,10,13H,5-8H2,1H3. The fourth-order valence-electron chi connectivity index (χ4n) is 1.99. The first-order chi connectivity index (χ1) is 8.58. The number of nitro benzene ring substituents is 1. The van der Waals surface area contributed by atoms with Crippen LogP contribution in [0.5, 0.6) is 0 Å². The van der Waals surface area contributed by atoms with Crippen LogP contribution in [0.3, 0.4) is 0 Å². The number of hydrogen-bond donors (Lipinski definition) is 1. The minimum atomic E-state index is -0.944. The van der Waals surface area contributed by atoms with E-state index in [2.05, 4.69) is 5.32 Å². The van der Waals surface area contributed by atoms with Crippen LogP contribution in [0.1, 0.15) is 11.1 Å². The molecule has 0 amide bonds. The molecule has 1 aliphatic rings. The van der Waals surface area contributed by atoms with Gasteiger partial charge in [-0.25, -0.2) is 0 Å². The molecule has 2 rings (SSSR count). The third kappa shape index (κ3) is 2.94. The second kappa shape index (κ2) is 5.58. The smallest absolute Gasteiger partial charge is 0.272 e. The molecule has 1 fully saturated rings. The van der Waals surface area contributed by atoms with Crippen molar-refractivity contribution < 1.29 is 9.13 Å². The Morgan fingerprint density at radius 2 is 2.22 bits per heavy atom. The predicted octanol–water partition coefficient (Wildman–Crippen LogP) is 1.37. The fourth-order valence-corrected chi connectivity index (χ4v) is 3.52. The Balaban J connectivity index is 2.06. The molecule has 98 valence electrons. The van der Waals surface area contributed by atoms with Crippen molar-refractivity contribution in [3.05, 3.63) is 39.4 Å². The molecule has 1 aromatic rings. The molecule has 1 aromatic carbocycles. The molecule has 0 aromatic heterocycles. The highest BCUT2D eigenvalue weighted by atomic mass is 32.2. The Morgan fingerprint density at radius 3 is 2.78 bits per heavy atom. The summed E-state index contributed by atoms with van der Waals surface area (Å²) in [6.45, 7) is 3.58. The molecule has 1 unspecified atom stereocenters. The molecule has 18 heavy (non-hydrogen) atoms. The SMILES string of the molecule is Cc1c(CS(=O)CC2CNC2)cccc1[N+](=O)[O-]. The monoisotopic (exact) mass is 268 g/mol. The topological polar surface area (TPSA) is 72.2 Å². The Labute approximate surface area is 108 Å². The maximum atomic E-state index is 12.0.